The molecule has 1 aromatic heterocycles. The molecule has 0 saturated carbocycles. The Morgan fingerprint density at radius 2 is 1.83 bits per heavy atom. The van der Waals surface area contributed by atoms with Crippen LogP contribution in [-0.4, -0.2) is 23.0 Å². The van der Waals surface area contributed by atoms with Crippen molar-refractivity contribution in [1.82, 2.24) is 9.97 Å². The van der Waals surface area contributed by atoms with E-state index in [9.17, 15) is 4.79 Å². The molecule has 2 aromatic rings. The van der Waals surface area contributed by atoms with Gasteiger partial charge in [-0.05, 0) is 29.8 Å². The summed E-state index contributed by atoms with van der Waals surface area (Å²) in [6, 6.07) is 8.53. The van der Waals surface area contributed by atoms with Gasteiger partial charge in [-0.3, -0.25) is 0 Å². The molecule has 0 aliphatic carbocycles. The molecule has 4 nitrogen and oxygen atoms in total. The summed E-state index contributed by atoms with van der Waals surface area (Å²) in [5, 5.41) is 0.606. The van der Waals surface area contributed by atoms with E-state index in [-0.39, 0.29) is 11.0 Å². The summed E-state index contributed by atoms with van der Waals surface area (Å²) in [5.41, 5.74) is 1.43. The number of hydrogen-bond donors (Lipinski definition) is 0. The maximum absolute atomic E-state index is 11.4. The van der Waals surface area contributed by atoms with Gasteiger partial charge in [-0.2, -0.15) is 0 Å². The molecule has 0 N–H and O–H groups in total. The number of carbonyl (C=O) groups is 1. The predicted octanol–water partition coefficient (Wildman–Crippen LogP) is 3.24. The number of nitrogens with zero attached hydrogens (tertiary/aromatic N) is 2. The van der Waals surface area contributed by atoms with E-state index in [0.29, 0.717) is 10.7 Å². The Morgan fingerprint density at radius 3 is 2.44 bits per heavy atom. The molecular weight excluding hydrogens is 275 g/mol. The van der Waals surface area contributed by atoms with Crippen molar-refractivity contribution in [3.8, 4) is 11.3 Å². The Labute approximate surface area is 114 Å². The summed E-state index contributed by atoms with van der Waals surface area (Å²) >= 11 is 11.6. The van der Waals surface area contributed by atoms with Crippen LogP contribution in [-0.2, 0) is 4.74 Å². The fourth-order valence-corrected chi connectivity index (χ4v) is 1.70. The Morgan fingerprint density at radius 1 is 1.17 bits per heavy atom. The first-order chi connectivity index (χ1) is 8.60. The van der Waals surface area contributed by atoms with Crippen LogP contribution in [0.5, 0.6) is 0 Å². The number of rotatable bonds is 2. The van der Waals surface area contributed by atoms with Gasteiger partial charge in [-0.1, -0.05) is 23.7 Å². The lowest BCUT2D eigenvalue weighted by molar-refractivity contribution is 0.0594. The van der Waals surface area contributed by atoms with Crippen LogP contribution in [0.2, 0.25) is 10.3 Å². The van der Waals surface area contributed by atoms with E-state index in [4.69, 9.17) is 23.2 Å². The standard InChI is InChI=1S/C12H8Cl2N2O2/c1-18-11(17)10-6-9(15-12(14)16-10)7-2-4-8(13)5-3-7/h2-6H,1H3. The summed E-state index contributed by atoms with van der Waals surface area (Å²) < 4.78 is 4.59. The first-order valence-corrected chi connectivity index (χ1v) is 5.74. The van der Waals surface area contributed by atoms with Gasteiger partial charge in [0.15, 0.2) is 5.69 Å². The number of hydrogen-bond acceptors (Lipinski definition) is 4. The number of carbonyl (C=O) groups excluding carboxylic acids is 1. The molecule has 1 heterocycles. The van der Waals surface area contributed by atoms with Crippen LogP contribution in [0.1, 0.15) is 10.5 Å². The van der Waals surface area contributed by atoms with E-state index in [2.05, 4.69) is 14.7 Å². The number of benzene rings is 1. The van der Waals surface area contributed by atoms with Crippen LogP contribution in [0.25, 0.3) is 11.3 Å². The molecule has 6 heteroatoms. The molecule has 92 valence electrons. The van der Waals surface area contributed by atoms with Crippen LogP contribution in [0.4, 0.5) is 0 Å². The van der Waals surface area contributed by atoms with E-state index in [1.807, 2.05) is 0 Å². The first-order valence-electron chi connectivity index (χ1n) is 4.99. The SMILES string of the molecule is COC(=O)c1cc(-c2ccc(Cl)cc2)nc(Cl)n1. The highest BCUT2D eigenvalue weighted by Crippen LogP contribution is 2.21. The molecule has 1 aromatic carbocycles. The van der Waals surface area contributed by atoms with Gasteiger partial charge in [0.2, 0.25) is 5.28 Å². The third-order valence-corrected chi connectivity index (χ3v) is 2.65. The fourth-order valence-electron chi connectivity index (χ4n) is 1.40. The van der Waals surface area contributed by atoms with Gasteiger partial charge in [-0.15, -0.1) is 0 Å². The lowest BCUT2D eigenvalue weighted by Crippen LogP contribution is -2.05. The largest absolute Gasteiger partial charge is 0.464 e. The average Bonchev–Trinajstić information content (AvgIpc) is 2.38. The van der Waals surface area contributed by atoms with Crippen molar-refractivity contribution < 1.29 is 9.53 Å². The second-order valence-corrected chi connectivity index (χ2v) is 4.18. The third kappa shape index (κ3) is 2.78. The molecule has 0 amide bonds. The zero-order valence-corrected chi connectivity index (χ0v) is 10.9. The molecule has 0 bridgehead atoms. The van der Waals surface area contributed by atoms with Gasteiger partial charge in [0.1, 0.15) is 0 Å². The summed E-state index contributed by atoms with van der Waals surface area (Å²) in [5.74, 6) is -0.561. The minimum Gasteiger partial charge on any atom is -0.464 e. The molecule has 0 radical (unpaired) electrons. The fraction of sp³-hybridized carbons (Fsp3) is 0.0833. The minimum atomic E-state index is -0.561. The molecule has 18 heavy (non-hydrogen) atoms. The van der Waals surface area contributed by atoms with E-state index in [1.165, 1.54) is 13.2 Å². The van der Waals surface area contributed by atoms with E-state index in [0.717, 1.165) is 5.56 Å². The van der Waals surface area contributed by atoms with Crippen molar-refractivity contribution in [2.24, 2.45) is 0 Å². The van der Waals surface area contributed by atoms with Crippen molar-refractivity contribution in [3.05, 3.63) is 46.3 Å². The topological polar surface area (TPSA) is 52.1 Å². The number of esters is 1. The van der Waals surface area contributed by atoms with Gasteiger partial charge >= 0.3 is 5.97 Å². The maximum Gasteiger partial charge on any atom is 0.356 e. The molecule has 0 atom stereocenters. The highest BCUT2D eigenvalue weighted by atomic mass is 35.5. The Kier molecular flexibility index (Phi) is 3.79. The van der Waals surface area contributed by atoms with Crippen LogP contribution in [0.3, 0.4) is 0 Å². The smallest absolute Gasteiger partial charge is 0.356 e. The van der Waals surface area contributed by atoms with Crippen LogP contribution in [0.15, 0.2) is 30.3 Å². The molecule has 0 fully saturated rings. The van der Waals surface area contributed by atoms with Gasteiger partial charge in [0, 0.05) is 10.6 Å². The molecule has 2 rings (SSSR count). The van der Waals surface area contributed by atoms with Gasteiger partial charge in [0.25, 0.3) is 0 Å². The van der Waals surface area contributed by atoms with Crippen LogP contribution in [0, 0.1) is 0 Å². The number of aromatic nitrogens is 2. The quantitative estimate of drug-likeness (QED) is 0.627. The minimum absolute atomic E-state index is 0.0112. The lowest BCUT2D eigenvalue weighted by Gasteiger charge is -2.04. The molecule has 0 unspecified atom stereocenters. The van der Waals surface area contributed by atoms with E-state index in [1.54, 1.807) is 24.3 Å². The van der Waals surface area contributed by atoms with Crippen molar-refractivity contribution in [2.75, 3.05) is 7.11 Å². The molecule has 0 saturated heterocycles. The molecule has 0 aliphatic rings. The zero-order valence-electron chi connectivity index (χ0n) is 9.35. The van der Waals surface area contributed by atoms with Gasteiger partial charge in [0.05, 0.1) is 12.8 Å². The van der Waals surface area contributed by atoms with Gasteiger partial charge < -0.3 is 4.74 Å². The van der Waals surface area contributed by atoms with Crippen LogP contribution >= 0.6 is 23.2 Å². The highest BCUT2D eigenvalue weighted by Gasteiger charge is 2.12. The Hall–Kier alpha value is -1.65. The summed E-state index contributed by atoms with van der Waals surface area (Å²) in [4.78, 5) is 19.3. The highest BCUT2D eigenvalue weighted by molar-refractivity contribution is 6.30. The summed E-state index contributed by atoms with van der Waals surface area (Å²) in [6.45, 7) is 0. The zero-order chi connectivity index (χ0) is 13.1. The normalized spacial score (nSPS) is 10.2. The monoisotopic (exact) mass is 282 g/mol. The lowest BCUT2D eigenvalue weighted by atomic mass is 10.1. The Balaban J connectivity index is 2.48. The van der Waals surface area contributed by atoms with Crippen molar-refractivity contribution in [1.29, 1.82) is 0 Å². The summed E-state index contributed by atoms with van der Waals surface area (Å²) in [6.07, 6.45) is 0. The maximum atomic E-state index is 11.4. The second kappa shape index (κ2) is 5.33. The van der Waals surface area contributed by atoms with Crippen LogP contribution < -0.4 is 0 Å². The second-order valence-electron chi connectivity index (χ2n) is 3.41. The first kappa shape index (κ1) is 12.8. The Bertz CT molecular complexity index is 585. The average molecular weight is 283 g/mol. The summed E-state index contributed by atoms with van der Waals surface area (Å²) in [7, 11) is 1.28. The van der Waals surface area contributed by atoms with E-state index >= 15 is 0 Å². The van der Waals surface area contributed by atoms with E-state index < -0.39 is 5.97 Å². The number of halogens is 2. The third-order valence-electron chi connectivity index (χ3n) is 2.23. The van der Waals surface area contributed by atoms with Crippen molar-refractivity contribution in [3.63, 3.8) is 0 Å². The van der Waals surface area contributed by atoms with Crippen molar-refractivity contribution in [2.45, 2.75) is 0 Å². The predicted molar refractivity (Wildman–Crippen MR) is 68.8 cm³/mol. The molecule has 0 spiro atoms. The van der Waals surface area contributed by atoms with Crippen molar-refractivity contribution >= 4 is 29.2 Å². The van der Waals surface area contributed by atoms with Gasteiger partial charge in [-0.25, -0.2) is 14.8 Å². The number of methoxy groups -OCH3 is 1. The molecular formula is C12H8Cl2N2O2. The number of ether oxygens (including phenoxy) is 1. The molecule has 0 aliphatic heterocycles.